The van der Waals surface area contributed by atoms with Crippen LogP contribution < -0.4 is 11.2 Å². The number of benzene rings is 1. The molecular formula is C7H7BNO2S-. The zero-order valence-corrected chi connectivity index (χ0v) is 7.14. The highest BCUT2D eigenvalue weighted by Gasteiger charge is 2.00. The van der Waals surface area contributed by atoms with Crippen molar-refractivity contribution in [1.82, 2.24) is 0 Å². The van der Waals surface area contributed by atoms with E-state index in [1.54, 1.807) is 6.07 Å². The third kappa shape index (κ3) is 1.94. The Morgan fingerprint density at radius 2 is 2.25 bits per heavy atom. The Morgan fingerprint density at radius 3 is 2.75 bits per heavy atom. The molecule has 2 N–H and O–H groups in total. The van der Waals surface area contributed by atoms with Crippen LogP contribution in [0, 0.1) is 0 Å². The molecule has 1 unspecified atom stereocenters. The molecule has 0 aliphatic rings. The number of nitrogens with two attached hydrogens (primary N) is 1. The minimum Gasteiger partial charge on any atom is -0.768 e. The Morgan fingerprint density at radius 1 is 1.58 bits per heavy atom. The summed E-state index contributed by atoms with van der Waals surface area (Å²) < 4.78 is 21.2. The fraction of sp³-hybridized carbons (Fsp3) is 0.143. The van der Waals surface area contributed by atoms with Crippen LogP contribution in [0.2, 0.25) is 0 Å². The van der Waals surface area contributed by atoms with E-state index in [1.807, 2.05) is 0 Å². The molecule has 1 atom stereocenters. The molecule has 0 spiro atoms. The first kappa shape index (κ1) is 9.44. The predicted octanol–water partition coefficient (Wildman–Crippen LogP) is -0.823. The third-order valence-electron chi connectivity index (χ3n) is 1.48. The molecule has 3 nitrogen and oxygen atoms in total. The Hall–Kier alpha value is -0.645. The molecule has 1 aromatic carbocycles. The van der Waals surface area contributed by atoms with Crippen LogP contribution in [0.1, 0.15) is 5.56 Å². The lowest BCUT2D eigenvalue weighted by Crippen LogP contribution is -2.10. The molecule has 1 aromatic rings. The van der Waals surface area contributed by atoms with E-state index in [0.717, 1.165) is 0 Å². The summed E-state index contributed by atoms with van der Waals surface area (Å²) in [7, 11) is 5.45. The SMILES string of the molecule is [B]c1ccc(S(=O)[O-])c(CN)c1. The number of hydrogen-bond acceptors (Lipinski definition) is 3. The summed E-state index contributed by atoms with van der Waals surface area (Å²) in [5, 5.41) is 0. The standard InChI is InChI=1S/C7H8BNO2S/c8-6-1-2-7(12(10)11)5(3-6)4-9/h1-3H,4,9H2,(H,10,11)/p-1. The van der Waals surface area contributed by atoms with Gasteiger partial charge in [0.15, 0.2) is 0 Å². The molecule has 0 aliphatic carbocycles. The van der Waals surface area contributed by atoms with E-state index in [4.69, 9.17) is 13.6 Å². The molecule has 0 saturated heterocycles. The molecule has 0 saturated carbocycles. The van der Waals surface area contributed by atoms with Crippen molar-refractivity contribution >= 4 is 24.4 Å². The van der Waals surface area contributed by atoms with Gasteiger partial charge in [0, 0.05) is 11.4 Å². The van der Waals surface area contributed by atoms with Crippen LogP contribution in [0.25, 0.3) is 0 Å². The normalized spacial score (nSPS) is 12.8. The van der Waals surface area contributed by atoms with Crippen molar-refractivity contribution in [2.24, 2.45) is 5.73 Å². The second-order valence-electron chi connectivity index (χ2n) is 2.31. The number of rotatable bonds is 2. The summed E-state index contributed by atoms with van der Waals surface area (Å²) in [4.78, 5) is 0.215. The Kier molecular flexibility index (Phi) is 3.02. The quantitative estimate of drug-likeness (QED) is 0.477. The highest BCUT2D eigenvalue weighted by atomic mass is 32.2. The van der Waals surface area contributed by atoms with E-state index in [1.165, 1.54) is 12.1 Å². The summed E-state index contributed by atoms with van der Waals surface area (Å²) >= 11 is -2.23. The summed E-state index contributed by atoms with van der Waals surface area (Å²) in [6, 6.07) is 4.54. The van der Waals surface area contributed by atoms with Crippen molar-refractivity contribution in [3.05, 3.63) is 23.8 Å². The molecule has 12 heavy (non-hydrogen) atoms. The first-order valence-corrected chi connectivity index (χ1v) is 4.40. The first-order valence-electron chi connectivity index (χ1n) is 3.33. The van der Waals surface area contributed by atoms with Gasteiger partial charge in [0.2, 0.25) is 0 Å². The number of hydrogen-bond donors (Lipinski definition) is 1. The lowest BCUT2D eigenvalue weighted by atomic mass is 9.94. The maximum absolute atomic E-state index is 10.6. The fourth-order valence-electron chi connectivity index (χ4n) is 0.921. The fourth-order valence-corrected chi connectivity index (χ4v) is 1.46. The highest BCUT2D eigenvalue weighted by Crippen LogP contribution is 2.09. The van der Waals surface area contributed by atoms with Crippen molar-refractivity contribution in [2.45, 2.75) is 11.4 Å². The van der Waals surface area contributed by atoms with E-state index < -0.39 is 11.1 Å². The van der Waals surface area contributed by atoms with Crippen LogP contribution in [0.5, 0.6) is 0 Å². The van der Waals surface area contributed by atoms with E-state index >= 15 is 0 Å². The van der Waals surface area contributed by atoms with Crippen molar-refractivity contribution in [2.75, 3.05) is 0 Å². The van der Waals surface area contributed by atoms with Crippen molar-refractivity contribution in [3.63, 3.8) is 0 Å². The van der Waals surface area contributed by atoms with Gasteiger partial charge in [-0.15, -0.1) is 0 Å². The first-order chi connectivity index (χ1) is 5.65. The molecule has 0 bridgehead atoms. The minimum atomic E-state index is -2.23. The van der Waals surface area contributed by atoms with Gasteiger partial charge in [0.1, 0.15) is 7.85 Å². The molecule has 0 aliphatic heterocycles. The summed E-state index contributed by atoms with van der Waals surface area (Å²) in [5.74, 6) is 0. The van der Waals surface area contributed by atoms with Crippen LogP contribution in [0.15, 0.2) is 23.1 Å². The molecule has 5 heteroatoms. The summed E-state index contributed by atoms with van der Waals surface area (Å²) in [6.45, 7) is 0.175. The Balaban J connectivity index is 3.20. The van der Waals surface area contributed by atoms with Gasteiger partial charge >= 0.3 is 0 Å². The van der Waals surface area contributed by atoms with Crippen LogP contribution in [0.3, 0.4) is 0 Å². The van der Waals surface area contributed by atoms with Crippen LogP contribution in [-0.2, 0) is 17.6 Å². The van der Waals surface area contributed by atoms with E-state index in [0.29, 0.717) is 11.0 Å². The molecule has 1 rings (SSSR count). The third-order valence-corrected chi connectivity index (χ3v) is 2.24. The summed E-state index contributed by atoms with van der Waals surface area (Å²) in [5.41, 5.74) is 6.39. The van der Waals surface area contributed by atoms with Gasteiger partial charge < -0.3 is 10.3 Å². The largest absolute Gasteiger partial charge is 0.768 e. The average Bonchev–Trinajstić information content (AvgIpc) is 2.03. The predicted molar refractivity (Wildman–Crippen MR) is 46.9 cm³/mol. The lowest BCUT2D eigenvalue weighted by molar-refractivity contribution is 0.536. The molecular weight excluding hydrogens is 173 g/mol. The van der Waals surface area contributed by atoms with Gasteiger partial charge in [0.05, 0.1) is 0 Å². The molecule has 62 valence electrons. The van der Waals surface area contributed by atoms with Gasteiger partial charge in [-0.25, -0.2) is 0 Å². The average molecular weight is 180 g/mol. The summed E-state index contributed by atoms with van der Waals surface area (Å²) in [6.07, 6.45) is 0. The topological polar surface area (TPSA) is 66.1 Å². The Bertz CT molecular complexity index is 316. The van der Waals surface area contributed by atoms with Crippen LogP contribution in [0.4, 0.5) is 0 Å². The molecule has 0 fully saturated rings. The van der Waals surface area contributed by atoms with Gasteiger partial charge in [-0.1, -0.05) is 17.6 Å². The smallest absolute Gasteiger partial charge is 0.113 e. The second kappa shape index (κ2) is 3.84. The van der Waals surface area contributed by atoms with Gasteiger partial charge in [-0.2, -0.15) is 0 Å². The van der Waals surface area contributed by atoms with Crippen LogP contribution in [-0.4, -0.2) is 16.6 Å². The maximum atomic E-state index is 10.6. The lowest BCUT2D eigenvalue weighted by Gasteiger charge is -2.10. The van der Waals surface area contributed by atoms with E-state index in [2.05, 4.69) is 0 Å². The van der Waals surface area contributed by atoms with Gasteiger partial charge in [-0.05, 0) is 22.7 Å². The van der Waals surface area contributed by atoms with E-state index in [9.17, 15) is 8.76 Å². The zero-order valence-electron chi connectivity index (χ0n) is 6.32. The van der Waals surface area contributed by atoms with Crippen molar-refractivity contribution < 1.29 is 8.76 Å². The Labute approximate surface area is 74.7 Å². The van der Waals surface area contributed by atoms with Gasteiger partial charge in [0.25, 0.3) is 0 Å². The molecule has 0 amide bonds. The minimum absolute atomic E-state index is 0.175. The monoisotopic (exact) mass is 180 g/mol. The van der Waals surface area contributed by atoms with Crippen molar-refractivity contribution in [3.8, 4) is 0 Å². The molecule has 0 heterocycles. The molecule has 0 aromatic heterocycles. The maximum Gasteiger partial charge on any atom is 0.113 e. The van der Waals surface area contributed by atoms with Crippen molar-refractivity contribution in [1.29, 1.82) is 0 Å². The highest BCUT2D eigenvalue weighted by molar-refractivity contribution is 7.79. The molecule has 2 radical (unpaired) electrons. The zero-order chi connectivity index (χ0) is 9.14. The second-order valence-corrected chi connectivity index (χ2v) is 3.22. The van der Waals surface area contributed by atoms with Crippen LogP contribution >= 0.6 is 0 Å². The van der Waals surface area contributed by atoms with Gasteiger partial charge in [-0.3, -0.25) is 4.21 Å². The van der Waals surface area contributed by atoms with E-state index in [-0.39, 0.29) is 11.4 Å².